The van der Waals surface area contributed by atoms with Gasteiger partial charge in [0.1, 0.15) is 6.10 Å². The SMILES string of the molecule is CC(C)=CCC[C@@]1(C)O[C@@H]1COCc1ccccc1. The van der Waals surface area contributed by atoms with E-state index in [-0.39, 0.29) is 11.7 Å². The molecule has 2 atom stereocenters. The molecule has 0 radical (unpaired) electrons. The number of hydrogen-bond donors (Lipinski definition) is 0. The molecule has 2 rings (SSSR count). The molecule has 19 heavy (non-hydrogen) atoms. The normalized spacial score (nSPS) is 25.1. The first kappa shape index (κ1) is 14.3. The van der Waals surface area contributed by atoms with Gasteiger partial charge >= 0.3 is 0 Å². The van der Waals surface area contributed by atoms with Crippen molar-refractivity contribution in [2.24, 2.45) is 0 Å². The lowest BCUT2D eigenvalue weighted by Crippen LogP contribution is -2.14. The van der Waals surface area contributed by atoms with Crippen LogP contribution < -0.4 is 0 Å². The zero-order chi connectivity index (χ0) is 13.7. The van der Waals surface area contributed by atoms with Crippen LogP contribution in [0.25, 0.3) is 0 Å². The molecule has 0 bridgehead atoms. The summed E-state index contributed by atoms with van der Waals surface area (Å²) in [5.41, 5.74) is 2.62. The zero-order valence-electron chi connectivity index (χ0n) is 12.2. The van der Waals surface area contributed by atoms with Crippen LogP contribution in [-0.4, -0.2) is 18.3 Å². The van der Waals surface area contributed by atoms with Gasteiger partial charge in [0, 0.05) is 0 Å². The Morgan fingerprint density at radius 2 is 2.05 bits per heavy atom. The van der Waals surface area contributed by atoms with Crippen LogP contribution >= 0.6 is 0 Å². The minimum absolute atomic E-state index is 0.0304. The molecule has 1 aromatic carbocycles. The standard InChI is InChI=1S/C17H24O2/c1-14(2)8-7-11-17(3)16(19-17)13-18-12-15-9-5-4-6-10-15/h4-6,8-10,16H,7,11-13H2,1-3H3/t16-,17-/m1/s1. The Labute approximate surface area is 116 Å². The second kappa shape index (κ2) is 6.36. The van der Waals surface area contributed by atoms with Crippen LogP contribution in [0.2, 0.25) is 0 Å². The Morgan fingerprint density at radius 3 is 2.74 bits per heavy atom. The molecule has 2 heteroatoms. The molecule has 1 fully saturated rings. The van der Waals surface area contributed by atoms with Crippen LogP contribution in [0.3, 0.4) is 0 Å². The summed E-state index contributed by atoms with van der Waals surface area (Å²) in [6, 6.07) is 10.3. The van der Waals surface area contributed by atoms with Gasteiger partial charge in [-0.25, -0.2) is 0 Å². The molecule has 1 aliphatic rings. The van der Waals surface area contributed by atoms with E-state index in [9.17, 15) is 0 Å². The fourth-order valence-electron chi connectivity index (χ4n) is 2.23. The summed E-state index contributed by atoms with van der Waals surface area (Å²) in [7, 11) is 0. The van der Waals surface area contributed by atoms with Gasteiger partial charge in [-0.05, 0) is 39.2 Å². The number of benzene rings is 1. The molecule has 0 spiro atoms. The second-order valence-electron chi connectivity index (χ2n) is 5.74. The van der Waals surface area contributed by atoms with E-state index in [2.05, 4.69) is 39.0 Å². The van der Waals surface area contributed by atoms with Gasteiger partial charge in [-0.2, -0.15) is 0 Å². The topological polar surface area (TPSA) is 21.8 Å². The Kier molecular flexibility index (Phi) is 4.78. The van der Waals surface area contributed by atoms with E-state index in [0.717, 1.165) is 12.8 Å². The molecule has 0 amide bonds. The average molecular weight is 260 g/mol. The van der Waals surface area contributed by atoms with E-state index in [4.69, 9.17) is 9.47 Å². The molecular weight excluding hydrogens is 236 g/mol. The van der Waals surface area contributed by atoms with Crippen LogP contribution in [0, 0.1) is 0 Å². The maximum absolute atomic E-state index is 5.77. The van der Waals surface area contributed by atoms with Gasteiger partial charge in [0.15, 0.2) is 0 Å². The van der Waals surface area contributed by atoms with E-state index in [1.54, 1.807) is 0 Å². The molecule has 0 aromatic heterocycles. The monoisotopic (exact) mass is 260 g/mol. The lowest BCUT2D eigenvalue weighted by Gasteiger charge is -2.05. The van der Waals surface area contributed by atoms with Crippen molar-refractivity contribution in [2.75, 3.05) is 6.61 Å². The Hall–Kier alpha value is -1.12. The van der Waals surface area contributed by atoms with Gasteiger partial charge in [-0.15, -0.1) is 0 Å². The first-order valence-corrected chi connectivity index (χ1v) is 7.03. The Balaban J connectivity index is 1.65. The third kappa shape index (κ3) is 4.48. The van der Waals surface area contributed by atoms with Crippen molar-refractivity contribution >= 4 is 0 Å². The van der Waals surface area contributed by atoms with E-state index in [0.29, 0.717) is 13.2 Å². The van der Waals surface area contributed by atoms with E-state index >= 15 is 0 Å². The summed E-state index contributed by atoms with van der Waals surface area (Å²) in [5, 5.41) is 0. The number of hydrogen-bond acceptors (Lipinski definition) is 2. The first-order valence-electron chi connectivity index (χ1n) is 7.03. The first-order chi connectivity index (χ1) is 9.10. The molecule has 104 valence electrons. The third-order valence-corrected chi connectivity index (χ3v) is 3.61. The summed E-state index contributed by atoms with van der Waals surface area (Å²) < 4.78 is 11.5. The predicted octanol–water partition coefficient (Wildman–Crippen LogP) is 4.11. The van der Waals surface area contributed by atoms with E-state index < -0.39 is 0 Å². The minimum atomic E-state index is 0.0304. The van der Waals surface area contributed by atoms with Crippen LogP contribution in [0.15, 0.2) is 42.0 Å². The maximum Gasteiger partial charge on any atom is 0.110 e. The summed E-state index contributed by atoms with van der Waals surface area (Å²) in [6.45, 7) is 7.82. The number of epoxide rings is 1. The van der Waals surface area contributed by atoms with Crippen LogP contribution in [-0.2, 0) is 16.1 Å². The Bertz CT molecular complexity index is 420. The fourth-order valence-corrected chi connectivity index (χ4v) is 2.23. The van der Waals surface area contributed by atoms with E-state index in [1.807, 2.05) is 18.2 Å². The molecule has 2 nitrogen and oxygen atoms in total. The Morgan fingerprint density at radius 1 is 1.32 bits per heavy atom. The molecule has 0 unspecified atom stereocenters. The van der Waals surface area contributed by atoms with Crippen LogP contribution in [0.5, 0.6) is 0 Å². The highest BCUT2D eigenvalue weighted by molar-refractivity contribution is 5.13. The number of ether oxygens (including phenoxy) is 2. The molecule has 1 aliphatic heterocycles. The average Bonchev–Trinajstić information content (AvgIpc) is 3.01. The van der Waals surface area contributed by atoms with E-state index in [1.165, 1.54) is 11.1 Å². The van der Waals surface area contributed by atoms with Gasteiger partial charge in [0.05, 0.1) is 18.8 Å². The van der Waals surface area contributed by atoms with Crippen molar-refractivity contribution in [1.82, 2.24) is 0 Å². The number of rotatable bonds is 7. The third-order valence-electron chi connectivity index (χ3n) is 3.61. The fraction of sp³-hybridized carbons (Fsp3) is 0.529. The lowest BCUT2D eigenvalue weighted by molar-refractivity contribution is 0.104. The zero-order valence-corrected chi connectivity index (χ0v) is 12.2. The van der Waals surface area contributed by atoms with Crippen LogP contribution in [0.1, 0.15) is 39.2 Å². The minimum Gasteiger partial charge on any atom is -0.374 e. The van der Waals surface area contributed by atoms with Gasteiger partial charge in [0.25, 0.3) is 0 Å². The van der Waals surface area contributed by atoms with Gasteiger partial charge in [-0.1, -0.05) is 42.0 Å². The molecule has 0 aliphatic carbocycles. The van der Waals surface area contributed by atoms with Gasteiger partial charge < -0.3 is 9.47 Å². The van der Waals surface area contributed by atoms with Crippen LogP contribution in [0.4, 0.5) is 0 Å². The smallest absolute Gasteiger partial charge is 0.110 e. The van der Waals surface area contributed by atoms with Gasteiger partial charge in [0.2, 0.25) is 0 Å². The molecule has 0 N–H and O–H groups in total. The van der Waals surface area contributed by atoms with Crippen molar-refractivity contribution in [3.05, 3.63) is 47.5 Å². The summed E-state index contributed by atoms with van der Waals surface area (Å²) in [5.74, 6) is 0. The van der Waals surface area contributed by atoms with Crippen molar-refractivity contribution < 1.29 is 9.47 Å². The highest BCUT2D eigenvalue weighted by Crippen LogP contribution is 2.40. The van der Waals surface area contributed by atoms with Crippen molar-refractivity contribution in [3.8, 4) is 0 Å². The van der Waals surface area contributed by atoms with Crippen molar-refractivity contribution in [3.63, 3.8) is 0 Å². The summed E-state index contributed by atoms with van der Waals surface area (Å²) in [4.78, 5) is 0. The number of allylic oxidation sites excluding steroid dienone is 2. The summed E-state index contributed by atoms with van der Waals surface area (Å²) in [6.07, 6.45) is 4.71. The van der Waals surface area contributed by atoms with Crippen molar-refractivity contribution in [2.45, 2.75) is 51.9 Å². The largest absolute Gasteiger partial charge is 0.374 e. The molecule has 1 saturated heterocycles. The predicted molar refractivity (Wildman–Crippen MR) is 78.0 cm³/mol. The lowest BCUT2D eigenvalue weighted by atomic mass is 10.0. The molecule has 1 heterocycles. The maximum atomic E-state index is 5.77. The highest BCUT2D eigenvalue weighted by atomic mass is 16.6. The highest BCUT2D eigenvalue weighted by Gasteiger charge is 2.51. The molecular formula is C17H24O2. The quantitative estimate of drug-likeness (QED) is 0.543. The van der Waals surface area contributed by atoms with Crippen molar-refractivity contribution in [1.29, 1.82) is 0 Å². The molecule has 0 saturated carbocycles. The van der Waals surface area contributed by atoms with Gasteiger partial charge in [-0.3, -0.25) is 0 Å². The summed E-state index contributed by atoms with van der Waals surface area (Å²) >= 11 is 0. The second-order valence-corrected chi connectivity index (χ2v) is 5.74. The molecule has 1 aromatic rings.